The van der Waals surface area contributed by atoms with Gasteiger partial charge in [-0.1, -0.05) is 20.8 Å². The summed E-state index contributed by atoms with van der Waals surface area (Å²) >= 11 is 0. The normalized spacial score (nSPS) is 30.4. The van der Waals surface area contributed by atoms with Gasteiger partial charge in [0.25, 0.3) is 0 Å². The largest absolute Gasteiger partial charge is 0.466 e. The molecule has 0 heterocycles. The number of carbonyl (C=O) groups excluding carboxylic acids is 2. The summed E-state index contributed by atoms with van der Waals surface area (Å²) in [7, 11) is 0. The molecule has 0 aromatic carbocycles. The monoisotopic (exact) mass is 198 g/mol. The third-order valence-corrected chi connectivity index (χ3v) is 3.47. The van der Waals surface area contributed by atoms with Crippen molar-refractivity contribution in [3.05, 3.63) is 0 Å². The molecule has 80 valence electrons. The minimum Gasteiger partial charge on any atom is -0.466 e. The second-order valence-electron chi connectivity index (χ2n) is 4.52. The van der Waals surface area contributed by atoms with E-state index in [1.807, 2.05) is 20.8 Å². The Morgan fingerprint density at radius 1 is 1.57 bits per heavy atom. The molecule has 0 spiro atoms. The van der Waals surface area contributed by atoms with Crippen LogP contribution in [0.1, 0.15) is 34.1 Å². The summed E-state index contributed by atoms with van der Waals surface area (Å²) in [5.74, 6) is -0.356. The van der Waals surface area contributed by atoms with Crippen molar-refractivity contribution >= 4 is 11.8 Å². The summed E-state index contributed by atoms with van der Waals surface area (Å²) in [6.45, 7) is 7.98. The maximum atomic E-state index is 11.6. The second-order valence-corrected chi connectivity index (χ2v) is 4.52. The van der Waals surface area contributed by atoms with Gasteiger partial charge in [0.2, 0.25) is 0 Å². The van der Waals surface area contributed by atoms with Crippen LogP contribution in [0.15, 0.2) is 0 Å². The SMILES string of the molecule is CCOC(=O)[C@@H]1CC(=O)[C@H](C)C1(C)C. The molecule has 2 atom stereocenters. The topological polar surface area (TPSA) is 43.4 Å². The molecule has 1 rings (SSSR count). The number of rotatable bonds is 2. The van der Waals surface area contributed by atoms with E-state index in [4.69, 9.17) is 4.74 Å². The molecule has 0 amide bonds. The first-order valence-corrected chi connectivity index (χ1v) is 5.10. The Morgan fingerprint density at radius 3 is 2.50 bits per heavy atom. The molecule has 0 unspecified atom stereocenters. The fourth-order valence-corrected chi connectivity index (χ4v) is 1.99. The molecule has 1 aliphatic rings. The van der Waals surface area contributed by atoms with E-state index in [0.717, 1.165) is 0 Å². The molecule has 3 heteroatoms. The van der Waals surface area contributed by atoms with E-state index in [2.05, 4.69) is 0 Å². The molecule has 0 aromatic heterocycles. The first-order valence-electron chi connectivity index (χ1n) is 5.10. The van der Waals surface area contributed by atoms with Crippen molar-refractivity contribution in [1.82, 2.24) is 0 Å². The van der Waals surface area contributed by atoms with Crippen LogP contribution in [0.3, 0.4) is 0 Å². The number of carbonyl (C=O) groups is 2. The van der Waals surface area contributed by atoms with Crippen LogP contribution in [0, 0.1) is 17.3 Å². The van der Waals surface area contributed by atoms with Crippen molar-refractivity contribution in [2.75, 3.05) is 6.61 Å². The van der Waals surface area contributed by atoms with E-state index in [9.17, 15) is 9.59 Å². The molecule has 1 aliphatic carbocycles. The van der Waals surface area contributed by atoms with Crippen molar-refractivity contribution in [2.45, 2.75) is 34.1 Å². The van der Waals surface area contributed by atoms with Crippen molar-refractivity contribution < 1.29 is 14.3 Å². The summed E-state index contributed by atoms with van der Waals surface area (Å²) in [6, 6.07) is 0. The predicted octanol–water partition coefficient (Wildman–Crippen LogP) is 1.80. The van der Waals surface area contributed by atoms with Gasteiger partial charge in [-0.3, -0.25) is 9.59 Å². The fourth-order valence-electron chi connectivity index (χ4n) is 1.99. The van der Waals surface area contributed by atoms with Crippen LogP contribution < -0.4 is 0 Å². The zero-order chi connectivity index (χ0) is 10.9. The minimum absolute atomic E-state index is 0.0445. The molecule has 0 saturated heterocycles. The summed E-state index contributed by atoms with van der Waals surface area (Å²) in [4.78, 5) is 23.1. The van der Waals surface area contributed by atoms with Gasteiger partial charge in [-0.25, -0.2) is 0 Å². The van der Waals surface area contributed by atoms with Crippen LogP contribution in [-0.2, 0) is 14.3 Å². The van der Waals surface area contributed by atoms with Gasteiger partial charge < -0.3 is 4.74 Å². The van der Waals surface area contributed by atoms with Crippen LogP contribution in [0.2, 0.25) is 0 Å². The predicted molar refractivity (Wildman–Crippen MR) is 52.7 cm³/mol. The smallest absolute Gasteiger partial charge is 0.309 e. The Hall–Kier alpha value is -0.860. The second kappa shape index (κ2) is 3.71. The molecule has 14 heavy (non-hydrogen) atoms. The zero-order valence-corrected chi connectivity index (χ0v) is 9.29. The van der Waals surface area contributed by atoms with E-state index in [0.29, 0.717) is 13.0 Å². The lowest BCUT2D eigenvalue weighted by Crippen LogP contribution is -2.31. The van der Waals surface area contributed by atoms with Crippen LogP contribution in [0.4, 0.5) is 0 Å². The lowest BCUT2D eigenvalue weighted by atomic mass is 9.76. The third-order valence-electron chi connectivity index (χ3n) is 3.47. The molecular formula is C11H18O3. The van der Waals surface area contributed by atoms with Gasteiger partial charge in [-0.05, 0) is 12.3 Å². The first kappa shape index (κ1) is 11.2. The summed E-state index contributed by atoms with van der Waals surface area (Å²) in [5, 5.41) is 0. The number of ketones is 1. The van der Waals surface area contributed by atoms with Gasteiger partial charge in [-0.2, -0.15) is 0 Å². The Morgan fingerprint density at radius 2 is 2.14 bits per heavy atom. The summed E-state index contributed by atoms with van der Waals surface area (Å²) in [5.41, 5.74) is -0.261. The molecule has 1 fully saturated rings. The zero-order valence-electron chi connectivity index (χ0n) is 9.29. The van der Waals surface area contributed by atoms with Crippen molar-refractivity contribution in [1.29, 1.82) is 0 Å². The Labute approximate surface area is 84.8 Å². The van der Waals surface area contributed by atoms with Crippen LogP contribution in [0.5, 0.6) is 0 Å². The summed E-state index contributed by atoms with van der Waals surface area (Å²) < 4.78 is 4.97. The maximum Gasteiger partial charge on any atom is 0.309 e. The molecular weight excluding hydrogens is 180 g/mol. The number of ether oxygens (including phenoxy) is 1. The van der Waals surface area contributed by atoms with Gasteiger partial charge in [0.15, 0.2) is 0 Å². The number of hydrogen-bond acceptors (Lipinski definition) is 3. The van der Waals surface area contributed by atoms with E-state index in [1.54, 1.807) is 6.92 Å². The highest BCUT2D eigenvalue weighted by Crippen LogP contribution is 2.45. The minimum atomic E-state index is -0.261. The molecule has 0 N–H and O–H groups in total. The first-order chi connectivity index (χ1) is 6.41. The number of hydrogen-bond donors (Lipinski definition) is 0. The molecule has 1 saturated carbocycles. The molecule has 0 aliphatic heterocycles. The molecule has 0 aromatic rings. The van der Waals surface area contributed by atoms with Gasteiger partial charge in [0.1, 0.15) is 5.78 Å². The average Bonchev–Trinajstić information content (AvgIpc) is 2.30. The highest BCUT2D eigenvalue weighted by molar-refractivity contribution is 5.91. The quantitative estimate of drug-likeness (QED) is 0.635. The van der Waals surface area contributed by atoms with Crippen LogP contribution in [-0.4, -0.2) is 18.4 Å². The van der Waals surface area contributed by atoms with Gasteiger partial charge in [-0.15, -0.1) is 0 Å². The van der Waals surface area contributed by atoms with E-state index in [-0.39, 0.29) is 29.0 Å². The van der Waals surface area contributed by atoms with Crippen LogP contribution >= 0.6 is 0 Å². The third kappa shape index (κ3) is 1.68. The average molecular weight is 198 g/mol. The lowest BCUT2D eigenvalue weighted by molar-refractivity contribution is -0.151. The summed E-state index contributed by atoms with van der Waals surface area (Å²) in [6.07, 6.45) is 0.340. The van der Waals surface area contributed by atoms with Crippen LogP contribution in [0.25, 0.3) is 0 Å². The molecule has 0 bridgehead atoms. The Balaban J connectivity index is 2.81. The molecule has 0 radical (unpaired) electrons. The van der Waals surface area contributed by atoms with Crippen molar-refractivity contribution in [3.63, 3.8) is 0 Å². The van der Waals surface area contributed by atoms with Gasteiger partial charge in [0, 0.05) is 12.3 Å². The van der Waals surface area contributed by atoms with Gasteiger partial charge >= 0.3 is 5.97 Å². The van der Waals surface area contributed by atoms with Crippen molar-refractivity contribution in [3.8, 4) is 0 Å². The maximum absolute atomic E-state index is 11.6. The number of Topliss-reactive ketones (excluding diaryl/α,β-unsaturated/α-hetero) is 1. The Bertz CT molecular complexity index is 255. The fraction of sp³-hybridized carbons (Fsp3) is 0.818. The van der Waals surface area contributed by atoms with E-state index < -0.39 is 0 Å². The standard InChI is InChI=1S/C11H18O3/c1-5-14-10(13)8-6-9(12)7(2)11(8,3)4/h7-8H,5-6H2,1-4H3/t7-,8-/m0/s1. The number of esters is 1. The van der Waals surface area contributed by atoms with Gasteiger partial charge in [0.05, 0.1) is 12.5 Å². The molecule has 3 nitrogen and oxygen atoms in total. The van der Waals surface area contributed by atoms with Crippen molar-refractivity contribution in [2.24, 2.45) is 17.3 Å². The lowest BCUT2D eigenvalue weighted by Gasteiger charge is -2.28. The van der Waals surface area contributed by atoms with E-state index >= 15 is 0 Å². The Kier molecular flexibility index (Phi) is 2.98. The van der Waals surface area contributed by atoms with E-state index in [1.165, 1.54) is 0 Å². The highest BCUT2D eigenvalue weighted by Gasteiger charge is 2.50. The highest BCUT2D eigenvalue weighted by atomic mass is 16.5.